The summed E-state index contributed by atoms with van der Waals surface area (Å²) >= 11 is 3.53. The lowest BCUT2D eigenvalue weighted by molar-refractivity contribution is 0.810. The molecule has 20 heavy (non-hydrogen) atoms. The van der Waals surface area contributed by atoms with Gasteiger partial charge in [-0.25, -0.2) is 0 Å². The van der Waals surface area contributed by atoms with Gasteiger partial charge in [-0.1, -0.05) is 28.1 Å². The molecular weight excluding hydrogens is 312 g/mol. The van der Waals surface area contributed by atoms with Gasteiger partial charge in [0.1, 0.15) is 0 Å². The molecule has 0 fully saturated rings. The average Bonchev–Trinajstić information content (AvgIpc) is 2.41. The standard InChI is InChI=1S/C17H21BrN2/c1-4-20(15-7-5-6-12(2)10-15)17-9-8-14(18)11-16(17)13(3)19/h5-11,13H,4,19H2,1-3H3. The highest BCUT2D eigenvalue weighted by Gasteiger charge is 2.14. The second-order valence-electron chi connectivity index (χ2n) is 5.08. The summed E-state index contributed by atoms with van der Waals surface area (Å²) in [7, 11) is 0. The fourth-order valence-electron chi connectivity index (χ4n) is 2.42. The number of aryl methyl sites for hydroxylation is 1. The van der Waals surface area contributed by atoms with Crippen LogP contribution in [0.1, 0.15) is 31.0 Å². The summed E-state index contributed by atoms with van der Waals surface area (Å²) in [5.41, 5.74) is 10.9. The van der Waals surface area contributed by atoms with Crippen LogP contribution in [0.3, 0.4) is 0 Å². The smallest absolute Gasteiger partial charge is 0.0459 e. The Hall–Kier alpha value is -1.32. The van der Waals surface area contributed by atoms with Crippen LogP contribution in [0.2, 0.25) is 0 Å². The molecule has 0 aliphatic carbocycles. The third kappa shape index (κ3) is 3.22. The summed E-state index contributed by atoms with van der Waals surface area (Å²) in [6.45, 7) is 7.21. The molecule has 0 amide bonds. The first-order valence-electron chi connectivity index (χ1n) is 6.92. The van der Waals surface area contributed by atoms with Crippen molar-refractivity contribution < 1.29 is 0 Å². The van der Waals surface area contributed by atoms with Crippen LogP contribution >= 0.6 is 15.9 Å². The van der Waals surface area contributed by atoms with Gasteiger partial charge in [0.2, 0.25) is 0 Å². The number of hydrogen-bond acceptors (Lipinski definition) is 2. The van der Waals surface area contributed by atoms with E-state index in [0.29, 0.717) is 0 Å². The lowest BCUT2D eigenvalue weighted by Crippen LogP contribution is -2.20. The van der Waals surface area contributed by atoms with E-state index in [1.165, 1.54) is 16.9 Å². The average molecular weight is 333 g/mol. The summed E-state index contributed by atoms with van der Waals surface area (Å²) in [6.07, 6.45) is 0. The Labute approximate surface area is 129 Å². The van der Waals surface area contributed by atoms with Crippen molar-refractivity contribution in [2.24, 2.45) is 5.73 Å². The number of nitrogens with zero attached hydrogens (tertiary/aromatic N) is 1. The Morgan fingerprint density at radius 1 is 1.20 bits per heavy atom. The van der Waals surface area contributed by atoms with Crippen LogP contribution in [0.4, 0.5) is 11.4 Å². The van der Waals surface area contributed by atoms with Crippen molar-refractivity contribution in [1.82, 2.24) is 0 Å². The second kappa shape index (κ2) is 6.42. The first-order valence-corrected chi connectivity index (χ1v) is 7.71. The van der Waals surface area contributed by atoms with Crippen molar-refractivity contribution in [2.75, 3.05) is 11.4 Å². The van der Waals surface area contributed by atoms with E-state index in [-0.39, 0.29) is 6.04 Å². The summed E-state index contributed by atoms with van der Waals surface area (Å²) in [6, 6.07) is 14.9. The molecule has 2 N–H and O–H groups in total. The summed E-state index contributed by atoms with van der Waals surface area (Å²) in [5, 5.41) is 0. The second-order valence-corrected chi connectivity index (χ2v) is 5.99. The molecule has 1 atom stereocenters. The third-order valence-corrected chi connectivity index (χ3v) is 3.89. The van der Waals surface area contributed by atoms with Gasteiger partial charge < -0.3 is 10.6 Å². The van der Waals surface area contributed by atoms with Gasteiger partial charge in [-0.2, -0.15) is 0 Å². The molecule has 2 rings (SSSR count). The van der Waals surface area contributed by atoms with Crippen molar-refractivity contribution in [2.45, 2.75) is 26.8 Å². The van der Waals surface area contributed by atoms with Gasteiger partial charge in [-0.3, -0.25) is 0 Å². The van der Waals surface area contributed by atoms with Crippen LogP contribution in [-0.4, -0.2) is 6.54 Å². The zero-order valence-electron chi connectivity index (χ0n) is 12.2. The molecule has 106 valence electrons. The van der Waals surface area contributed by atoms with Gasteiger partial charge in [0.25, 0.3) is 0 Å². The highest BCUT2D eigenvalue weighted by Crippen LogP contribution is 2.33. The van der Waals surface area contributed by atoms with E-state index in [0.717, 1.165) is 16.6 Å². The molecule has 0 heterocycles. The molecular formula is C17H21BrN2. The van der Waals surface area contributed by atoms with Crippen molar-refractivity contribution in [3.8, 4) is 0 Å². The Balaban J connectivity index is 2.52. The van der Waals surface area contributed by atoms with Crippen LogP contribution < -0.4 is 10.6 Å². The number of benzene rings is 2. The molecule has 2 aromatic carbocycles. The maximum Gasteiger partial charge on any atom is 0.0459 e. The van der Waals surface area contributed by atoms with Crippen LogP contribution in [0.15, 0.2) is 46.9 Å². The number of anilines is 2. The molecule has 0 radical (unpaired) electrons. The quantitative estimate of drug-likeness (QED) is 0.859. The minimum absolute atomic E-state index is 0.00126. The Morgan fingerprint density at radius 2 is 1.95 bits per heavy atom. The fourth-order valence-corrected chi connectivity index (χ4v) is 2.80. The van der Waals surface area contributed by atoms with Gasteiger partial charge >= 0.3 is 0 Å². The zero-order valence-corrected chi connectivity index (χ0v) is 13.8. The molecule has 0 saturated heterocycles. The van der Waals surface area contributed by atoms with E-state index in [1.807, 2.05) is 6.92 Å². The van der Waals surface area contributed by atoms with Crippen molar-refractivity contribution in [3.05, 3.63) is 58.1 Å². The van der Waals surface area contributed by atoms with Crippen molar-refractivity contribution in [3.63, 3.8) is 0 Å². The van der Waals surface area contributed by atoms with E-state index >= 15 is 0 Å². The normalized spacial score (nSPS) is 12.2. The number of rotatable bonds is 4. The number of nitrogens with two attached hydrogens (primary N) is 1. The van der Waals surface area contributed by atoms with Crippen LogP contribution in [0, 0.1) is 6.92 Å². The van der Waals surface area contributed by atoms with E-state index < -0.39 is 0 Å². The third-order valence-electron chi connectivity index (χ3n) is 3.40. The Morgan fingerprint density at radius 3 is 2.55 bits per heavy atom. The fraction of sp³-hybridized carbons (Fsp3) is 0.294. The molecule has 2 aromatic rings. The molecule has 0 aliphatic rings. The first-order chi connectivity index (χ1) is 9.52. The van der Waals surface area contributed by atoms with Gasteiger partial charge in [-0.05, 0) is 62.2 Å². The first kappa shape index (κ1) is 15.1. The van der Waals surface area contributed by atoms with Crippen LogP contribution in [0.5, 0.6) is 0 Å². The number of halogens is 1. The minimum Gasteiger partial charge on any atom is -0.341 e. The van der Waals surface area contributed by atoms with Gasteiger partial charge in [0, 0.05) is 28.4 Å². The molecule has 1 unspecified atom stereocenters. The summed E-state index contributed by atoms with van der Waals surface area (Å²) < 4.78 is 1.06. The zero-order chi connectivity index (χ0) is 14.7. The lowest BCUT2D eigenvalue weighted by Gasteiger charge is -2.27. The molecule has 0 aromatic heterocycles. The predicted molar refractivity (Wildman–Crippen MR) is 90.6 cm³/mol. The molecule has 0 aliphatic heterocycles. The predicted octanol–water partition coefficient (Wildman–Crippen LogP) is 4.94. The molecule has 3 heteroatoms. The maximum absolute atomic E-state index is 6.14. The van der Waals surface area contributed by atoms with E-state index in [2.05, 4.69) is 77.1 Å². The topological polar surface area (TPSA) is 29.3 Å². The highest BCUT2D eigenvalue weighted by atomic mass is 79.9. The summed E-state index contributed by atoms with van der Waals surface area (Å²) in [5.74, 6) is 0. The SMILES string of the molecule is CCN(c1cccc(C)c1)c1ccc(Br)cc1C(C)N. The summed E-state index contributed by atoms with van der Waals surface area (Å²) in [4.78, 5) is 2.30. The molecule has 0 saturated carbocycles. The monoisotopic (exact) mass is 332 g/mol. The van der Waals surface area contributed by atoms with Gasteiger partial charge in [0.15, 0.2) is 0 Å². The highest BCUT2D eigenvalue weighted by molar-refractivity contribution is 9.10. The lowest BCUT2D eigenvalue weighted by atomic mass is 10.0. The molecule has 0 spiro atoms. The molecule has 0 bridgehead atoms. The van der Waals surface area contributed by atoms with Gasteiger partial charge in [0.05, 0.1) is 0 Å². The minimum atomic E-state index is 0.00126. The van der Waals surface area contributed by atoms with Gasteiger partial charge in [-0.15, -0.1) is 0 Å². The number of hydrogen-bond donors (Lipinski definition) is 1. The van der Waals surface area contributed by atoms with Crippen molar-refractivity contribution >= 4 is 27.3 Å². The van der Waals surface area contributed by atoms with Crippen LogP contribution in [0.25, 0.3) is 0 Å². The molecule has 2 nitrogen and oxygen atoms in total. The van der Waals surface area contributed by atoms with Crippen molar-refractivity contribution in [1.29, 1.82) is 0 Å². The largest absolute Gasteiger partial charge is 0.341 e. The maximum atomic E-state index is 6.14. The Kier molecular flexibility index (Phi) is 4.84. The van der Waals surface area contributed by atoms with E-state index in [1.54, 1.807) is 0 Å². The van der Waals surface area contributed by atoms with E-state index in [4.69, 9.17) is 5.73 Å². The van der Waals surface area contributed by atoms with E-state index in [9.17, 15) is 0 Å². The Bertz CT molecular complexity index is 593. The van der Waals surface area contributed by atoms with Crippen LogP contribution in [-0.2, 0) is 0 Å².